The first-order chi connectivity index (χ1) is 11.4. The molecule has 2 aromatic rings. The van der Waals surface area contributed by atoms with Crippen LogP contribution in [0.4, 0.5) is 10.1 Å². The van der Waals surface area contributed by atoms with Gasteiger partial charge in [-0.1, -0.05) is 11.8 Å². The van der Waals surface area contributed by atoms with Crippen LogP contribution in [0, 0.1) is 12.7 Å². The summed E-state index contributed by atoms with van der Waals surface area (Å²) >= 11 is 2.86. The number of anilines is 1. The lowest BCUT2D eigenvalue weighted by Crippen LogP contribution is -2.29. The van der Waals surface area contributed by atoms with E-state index in [1.807, 2.05) is 25.3 Å². The quantitative estimate of drug-likeness (QED) is 0.862. The molecular formula is C17H18FN3OS2. The third-order valence-electron chi connectivity index (χ3n) is 4.07. The molecule has 126 valence electrons. The van der Waals surface area contributed by atoms with Crippen molar-refractivity contribution in [1.82, 2.24) is 0 Å². The molecule has 0 aliphatic carbocycles. The number of carbonyl (C=O) groups is 1. The predicted octanol–water partition coefficient (Wildman–Crippen LogP) is 4.11. The van der Waals surface area contributed by atoms with E-state index in [0.717, 1.165) is 11.3 Å². The van der Waals surface area contributed by atoms with Gasteiger partial charge in [-0.3, -0.25) is 9.79 Å². The maximum absolute atomic E-state index is 14.4. The number of halogens is 1. The number of benzene rings is 1. The Balaban J connectivity index is 1.91. The van der Waals surface area contributed by atoms with Crippen molar-refractivity contribution in [3.8, 4) is 0 Å². The number of aliphatic imine (C=N–C) groups is 1. The summed E-state index contributed by atoms with van der Waals surface area (Å²) in [6.07, 6.45) is 0.691. The summed E-state index contributed by atoms with van der Waals surface area (Å²) in [6.45, 7) is 3.76. The SMILES string of the molecule is Cc1ccsc1C(=O)Nc1ccc(F)c(C2(C)CCSC(N)=N2)c1. The van der Waals surface area contributed by atoms with Crippen LogP contribution in [0.1, 0.15) is 34.1 Å². The minimum absolute atomic E-state index is 0.188. The molecule has 0 fully saturated rings. The highest BCUT2D eigenvalue weighted by atomic mass is 32.2. The monoisotopic (exact) mass is 363 g/mol. The van der Waals surface area contributed by atoms with Gasteiger partial charge in [0.2, 0.25) is 0 Å². The van der Waals surface area contributed by atoms with Crippen LogP contribution in [0.2, 0.25) is 0 Å². The van der Waals surface area contributed by atoms with Gasteiger partial charge in [0.1, 0.15) is 5.82 Å². The number of rotatable bonds is 3. The second-order valence-corrected chi connectivity index (χ2v) is 7.94. The van der Waals surface area contributed by atoms with Crippen molar-refractivity contribution in [2.45, 2.75) is 25.8 Å². The molecule has 0 saturated carbocycles. The van der Waals surface area contributed by atoms with Crippen molar-refractivity contribution in [1.29, 1.82) is 0 Å². The molecule has 1 aliphatic rings. The molecule has 7 heteroatoms. The summed E-state index contributed by atoms with van der Waals surface area (Å²) in [4.78, 5) is 17.4. The Morgan fingerprint density at radius 2 is 2.21 bits per heavy atom. The molecule has 2 heterocycles. The zero-order valence-corrected chi connectivity index (χ0v) is 15.1. The van der Waals surface area contributed by atoms with E-state index in [1.54, 1.807) is 12.1 Å². The normalized spacial score (nSPS) is 20.5. The van der Waals surface area contributed by atoms with Crippen LogP contribution in [0.3, 0.4) is 0 Å². The van der Waals surface area contributed by atoms with Gasteiger partial charge in [-0.05, 0) is 55.5 Å². The number of amides is 1. The standard InChI is InChI=1S/C17H18FN3OS2/c1-10-5-7-23-14(10)15(22)20-11-3-4-13(18)12(9-11)17(2)6-8-24-16(19)21-17/h3-5,7,9H,6,8H2,1-2H3,(H2,19,21)(H,20,22). The maximum atomic E-state index is 14.4. The fourth-order valence-corrected chi connectivity index (χ4v) is 4.48. The van der Waals surface area contributed by atoms with Gasteiger partial charge in [0.25, 0.3) is 5.91 Å². The smallest absolute Gasteiger partial charge is 0.265 e. The lowest BCUT2D eigenvalue weighted by Gasteiger charge is -2.30. The molecule has 0 saturated heterocycles. The predicted molar refractivity (Wildman–Crippen MR) is 99.5 cm³/mol. The third kappa shape index (κ3) is 3.32. The molecule has 0 radical (unpaired) electrons. The van der Waals surface area contributed by atoms with E-state index in [0.29, 0.717) is 27.7 Å². The van der Waals surface area contributed by atoms with Gasteiger partial charge < -0.3 is 11.1 Å². The van der Waals surface area contributed by atoms with Gasteiger partial charge in [-0.2, -0.15) is 0 Å². The molecule has 4 nitrogen and oxygen atoms in total. The fraction of sp³-hybridized carbons (Fsp3) is 0.294. The second kappa shape index (κ2) is 6.57. The van der Waals surface area contributed by atoms with Crippen molar-refractivity contribution >= 4 is 39.9 Å². The minimum Gasteiger partial charge on any atom is -0.379 e. The zero-order valence-electron chi connectivity index (χ0n) is 13.4. The minimum atomic E-state index is -0.709. The lowest BCUT2D eigenvalue weighted by atomic mass is 9.89. The number of nitrogens with one attached hydrogen (secondary N) is 1. The van der Waals surface area contributed by atoms with Gasteiger partial charge >= 0.3 is 0 Å². The van der Waals surface area contributed by atoms with E-state index < -0.39 is 5.54 Å². The van der Waals surface area contributed by atoms with Crippen molar-refractivity contribution < 1.29 is 9.18 Å². The van der Waals surface area contributed by atoms with E-state index >= 15 is 0 Å². The number of amidine groups is 1. The summed E-state index contributed by atoms with van der Waals surface area (Å²) in [5.74, 6) is 0.259. The van der Waals surface area contributed by atoms with E-state index in [-0.39, 0.29) is 11.7 Å². The number of aryl methyl sites for hydroxylation is 1. The topological polar surface area (TPSA) is 67.5 Å². The van der Waals surface area contributed by atoms with Crippen molar-refractivity contribution in [2.75, 3.05) is 11.1 Å². The van der Waals surface area contributed by atoms with Gasteiger partial charge in [0.05, 0.1) is 10.4 Å². The highest BCUT2D eigenvalue weighted by Crippen LogP contribution is 2.37. The first-order valence-electron chi connectivity index (χ1n) is 7.53. The maximum Gasteiger partial charge on any atom is 0.265 e. The molecule has 1 atom stereocenters. The Hall–Kier alpha value is -1.86. The van der Waals surface area contributed by atoms with Gasteiger partial charge in [0, 0.05) is 17.0 Å². The van der Waals surface area contributed by atoms with E-state index in [4.69, 9.17) is 5.73 Å². The van der Waals surface area contributed by atoms with Gasteiger partial charge in [-0.25, -0.2) is 4.39 Å². The Morgan fingerprint density at radius 1 is 1.42 bits per heavy atom. The van der Waals surface area contributed by atoms with Crippen molar-refractivity contribution in [2.24, 2.45) is 10.7 Å². The molecule has 1 amide bonds. The molecule has 1 aliphatic heterocycles. The van der Waals surface area contributed by atoms with E-state index in [1.165, 1.54) is 29.2 Å². The zero-order chi connectivity index (χ0) is 17.3. The van der Waals surface area contributed by atoms with Crippen LogP contribution in [-0.2, 0) is 5.54 Å². The number of nitrogens with zero attached hydrogens (tertiary/aromatic N) is 1. The van der Waals surface area contributed by atoms with Crippen LogP contribution in [0.15, 0.2) is 34.6 Å². The number of nitrogens with two attached hydrogens (primary N) is 1. The molecular weight excluding hydrogens is 345 g/mol. The number of thiophene rings is 1. The average Bonchev–Trinajstić information content (AvgIpc) is 2.95. The molecule has 1 unspecified atom stereocenters. The van der Waals surface area contributed by atoms with Crippen molar-refractivity contribution in [3.05, 3.63) is 51.5 Å². The first kappa shape index (κ1) is 17.0. The number of hydrogen-bond acceptors (Lipinski definition) is 5. The second-order valence-electron chi connectivity index (χ2n) is 5.90. The summed E-state index contributed by atoms with van der Waals surface area (Å²) < 4.78 is 14.4. The largest absolute Gasteiger partial charge is 0.379 e. The van der Waals surface area contributed by atoms with Crippen LogP contribution < -0.4 is 11.1 Å². The molecule has 0 bridgehead atoms. The highest BCUT2D eigenvalue weighted by molar-refractivity contribution is 8.13. The van der Waals surface area contributed by atoms with Crippen LogP contribution in [-0.4, -0.2) is 16.8 Å². The van der Waals surface area contributed by atoms with E-state index in [2.05, 4.69) is 10.3 Å². The highest BCUT2D eigenvalue weighted by Gasteiger charge is 2.32. The number of thioether (sulfide) groups is 1. The first-order valence-corrected chi connectivity index (χ1v) is 9.39. The number of carbonyl (C=O) groups excluding carboxylic acids is 1. The summed E-state index contributed by atoms with van der Waals surface area (Å²) in [5.41, 5.74) is 7.04. The molecule has 3 N–H and O–H groups in total. The van der Waals surface area contributed by atoms with E-state index in [9.17, 15) is 9.18 Å². The molecule has 1 aromatic heterocycles. The average molecular weight is 363 g/mol. The van der Waals surface area contributed by atoms with Gasteiger partial charge in [-0.15, -0.1) is 11.3 Å². The Morgan fingerprint density at radius 3 is 2.88 bits per heavy atom. The summed E-state index contributed by atoms with van der Waals surface area (Å²) in [6, 6.07) is 6.48. The Labute approximate surface area is 148 Å². The van der Waals surface area contributed by atoms with Crippen LogP contribution in [0.5, 0.6) is 0 Å². The summed E-state index contributed by atoms with van der Waals surface area (Å²) in [5, 5.41) is 5.18. The third-order valence-corrected chi connectivity index (χ3v) is 5.88. The number of hydrogen-bond donors (Lipinski definition) is 2. The molecule has 24 heavy (non-hydrogen) atoms. The van der Waals surface area contributed by atoms with Crippen LogP contribution >= 0.6 is 23.1 Å². The molecule has 0 spiro atoms. The summed E-state index contributed by atoms with van der Waals surface area (Å²) in [7, 11) is 0. The Bertz CT molecular complexity index is 818. The molecule has 1 aromatic carbocycles. The Kier molecular flexibility index (Phi) is 4.64. The molecule has 3 rings (SSSR count). The van der Waals surface area contributed by atoms with Gasteiger partial charge in [0.15, 0.2) is 5.17 Å². The van der Waals surface area contributed by atoms with Crippen molar-refractivity contribution in [3.63, 3.8) is 0 Å². The van der Waals surface area contributed by atoms with Crippen LogP contribution in [0.25, 0.3) is 0 Å². The fourth-order valence-electron chi connectivity index (χ4n) is 2.69. The lowest BCUT2D eigenvalue weighted by molar-refractivity contribution is 0.103.